The van der Waals surface area contributed by atoms with Crippen LogP contribution in [-0.2, 0) is 6.54 Å². The Morgan fingerprint density at radius 1 is 1.17 bits per heavy atom. The molecule has 3 rings (SSSR count). The zero-order chi connectivity index (χ0) is 20.5. The predicted molar refractivity (Wildman–Crippen MR) is 116 cm³/mol. The van der Waals surface area contributed by atoms with Crippen molar-refractivity contribution in [3.05, 3.63) is 65.2 Å². The summed E-state index contributed by atoms with van der Waals surface area (Å²) in [7, 11) is 3.48. The lowest BCUT2D eigenvalue weighted by Gasteiger charge is -2.29. The minimum absolute atomic E-state index is 0.257. The highest BCUT2D eigenvalue weighted by molar-refractivity contribution is 5.79. The van der Waals surface area contributed by atoms with Crippen molar-refractivity contribution in [1.29, 1.82) is 5.26 Å². The van der Waals surface area contributed by atoms with Gasteiger partial charge in [0.1, 0.15) is 5.75 Å². The number of nitrogens with one attached hydrogen (secondary N) is 2. The SMILES string of the molecule is CN=C(NCc1cccc(C#N)c1)NCC(c1cccc(OC)c1)N1CCCC1. The van der Waals surface area contributed by atoms with Crippen LogP contribution >= 0.6 is 0 Å². The number of nitriles is 1. The highest BCUT2D eigenvalue weighted by Crippen LogP contribution is 2.27. The molecule has 1 fully saturated rings. The summed E-state index contributed by atoms with van der Waals surface area (Å²) in [5, 5.41) is 15.9. The zero-order valence-corrected chi connectivity index (χ0v) is 17.2. The third-order valence-electron chi connectivity index (χ3n) is 5.26. The van der Waals surface area contributed by atoms with Gasteiger partial charge in [0.2, 0.25) is 0 Å². The Hall–Kier alpha value is -3.04. The van der Waals surface area contributed by atoms with E-state index >= 15 is 0 Å². The van der Waals surface area contributed by atoms with Crippen molar-refractivity contribution in [3.8, 4) is 11.8 Å². The first-order valence-electron chi connectivity index (χ1n) is 10.0. The van der Waals surface area contributed by atoms with Gasteiger partial charge in [0.05, 0.1) is 24.8 Å². The second-order valence-electron chi connectivity index (χ2n) is 7.15. The number of likely N-dealkylation sites (tertiary alicyclic amines) is 1. The fourth-order valence-electron chi connectivity index (χ4n) is 3.71. The smallest absolute Gasteiger partial charge is 0.191 e. The fourth-order valence-corrected chi connectivity index (χ4v) is 3.71. The minimum atomic E-state index is 0.257. The van der Waals surface area contributed by atoms with Crippen LogP contribution in [0.2, 0.25) is 0 Å². The van der Waals surface area contributed by atoms with Crippen LogP contribution < -0.4 is 15.4 Å². The zero-order valence-electron chi connectivity index (χ0n) is 17.2. The van der Waals surface area contributed by atoms with Gasteiger partial charge in [-0.1, -0.05) is 24.3 Å². The lowest BCUT2D eigenvalue weighted by molar-refractivity contribution is 0.245. The molecule has 1 heterocycles. The molecule has 0 bridgehead atoms. The molecule has 152 valence electrons. The van der Waals surface area contributed by atoms with Gasteiger partial charge in [0, 0.05) is 20.1 Å². The maximum absolute atomic E-state index is 9.06. The molecule has 29 heavy (non-hydrogen) atoms. The van der Waals surface area contributed by atoms with E-state index in [-0.39, 0.29) is 6.04 Å². The minimum Gasteiger partial charge on any atom is -0.497 e. The normalized spacial score (nSPS) is 15.6. The summed E-state index contributed by atoms with van der Waals surface area (Å²) >= 11 is 0. The maximum Gasteiger partial charge on any atom is 0.191 e. The molecule has 1 atom stereocenters. The summed E-state index contributed by atoms with van der Waals surface area (Å²) in [6.07, 6.45) is 2.48. The van der Waals surface area contributed by atoms with Gasteiger partial charge >= 0.3 is 0 Å². The van der Waals surface area contributed by atoms with Crippen LogP contribution in [0.15, 0.2) is 53.5 Å². The van der Waals surface area contributed by atoms with Crippen molar-refractivity contribution in [2.45, 2.75) is 25.4 Å². The summed E-state index contributed by atoms with van der Waals surface area (Å²) in [5.74, 6) is 1.63. The first-order valence-corrected chi connectivity index (χ1v) is 10.0. The Bertz CT molecular complexity index is 868. The van der Waals surface area contributed by atoms with Crippen LogP contribution in [0.3, 0.4) is 0 Å². The molecule has 1 saturated heterocycles. The summed E-state index contributed by atoms with van der Waals surface area (Å²) in [5.41, 5.74) is 2.96. The summed E-state index contributed by atoms with van der Waals surface area (Å²) in [4.78, 5) is 6.88. The van der Waals surface area contributed by atoms with Crippen molar-refractivity contribution in [2.24, 2.45) is 4.99 Å². The van der Waals surface area contributed by atoms with E-state index in [1.807, 2.05) is 36.4 Å². The van der Waals surface area contributed by atoms with Crippen molar-refractivity contribution in [3.63, 3.8) is 0 Å². The van der Waals surface area contributed by atoms with Crippen LogP contribution in [0.1, 0.15) is 35.6 Å². The quantitative estimate of drug-likeness (QED) is 0.561. The largest absolute Gasteiger partial charge is 0.497 e. The number of guanidine groups is 1. The molecule has 6 heteroatoms. The summed E-state index contributed by atoms with van der Waals surface area (Å²) in [6.45, 7) is 3.58. The summed E-state index contributed by atoms with van der Waals surface area (Å²) in [6, 6.07) is 18.4. The number of ether oxygens (including phenoxy) is 1. The van der Waals surface area contributed by atoms with Gasteiger partial charge in [-0.05, 0) is 61.3 Å². The lowest BCUT2D eigenvalue weighted by Crippen LogP contribution is -2.42. The molecule has 0 aromatic heterocycles. The molecule has 1 aliphatic rings. The van der Waals surface area contributed by atoms with Gasteiger partial charge in [-0.25, -0.2) is 0 Å². The average Bonchev–Trinajstić information content (AvgIpc) is 3.31. The standard InChI is InChI=1S/C23H29N5O/c1-25-23(26-16-19-8-5-7-18(13-19)15-24)27-17-22(28-11-3-4-12-28)20-9-6-10-21(14-20)29-2/h5-10,13-14,22H,3-4,11-12,16-17H2,1-2H3,(H2,25,26,27). The number of rotatable bonds is 7. The monoisotopic (exact) mass is 391 g/mol. The Labute approximate surface area is 173 Å². The van der Waals surface area contributed by atoms with E-state index in [4.69, 9.17) is 10.00 Å². The maximum atomic E-state index is 9.06. The van der Waals surface area contributed by atoms with E-state index in [2.05, 4.69) is 38.7 Å². The van der Waals surface area contributed by atoms with Crippen molar-refractivity contribution < 1.29 is 4.74 Å². The Kier molecular flexibility index (Phi) is 7.48. The molecular formula is C23H29N5O. The average molecular weight is 392 g/mol. The molecule has 2 aromatic rings. The number of benzene rings is 2. The second kappa shape index (κ2) is 10.5. The predicted octanol–water partition coefficient (Wildman–Crippen LogP) is 3.07. The van der Waals surface area contributed by atoms with Crippen LogP contribution in [0, 0.1) is 11.3 Å². The van der Waals surface area contributed by atoms with Gasteiger partial charge in [-0.15, -0.1) is 0 Å². The topological polar surface area (TPSA) is 72.7 Å². The van der Waals surface area contributed by atoms with Gasteiger partial charge in [-0.3, -0.25) is 9.89 Å². The molecule has 0 spiro atoms. The third kappa shape index (κ3) is 5.72. The van der Waals surface area contributed by atoms with E-state index in [1.54, 1.807) is 14.2 Å². The van der Waals surface area contributed by atoms with E-state index < -0.39 is 0 Å². The van der Waals surface area contributed by atoms with Crippen LogP contribution in [0.5, 0.6) is 5.75 Å². The molecular weight excluding hydrogens is 362 g/mol. The highest BCUT2D eigenvalue weighted by atomic mass is 16.5. The third-order valence-corrected chi connectivity index (χ3v) is 5.26. The van der Waals surface area contributed by atoms with E-state index in [1.165, 1.54) is 18.4 Å². The van der Waals surface area contributed by atoms with E-state index in [0.29, 0.717) is 12.1 Å². The molecule has 2 aromatic carbocycles. The van der Waals surface area contributed by atoms with E-state index in [0.717, 1.165) is 36.9 Å². The fraction of sp³-hybridized carbons (Fsp3) is 0.391. The number of hydrogen-bond donors (Lipinski definition) is 2. The van der Waals surface area contributed by atoms with Crippen LogP contribution in [0.4, 0.5) is 0 Å². The number of aliphatic imine (C=N–C) groups is 1. The van der Waals surface area contributed by atoms with Crippen LogP contribution in [0.25, 0.3) is 0 Å². The summed E-state index contributed by atoms with van der Waals surface area (Å²) < 4.78 is 5.42. The molecule has 0 saturated carbocycles. The molecule has 0 amide bonds. The Morgan fingerprint density at radius 2 is 1.97 bits per heavy atom. The Balaban J connectivity index is 1.64. The van der Waals surface area contributed by atoms with Crippen molar-refractivity contribution in [1.82, 2.24) is 15.5 Å². The van der Waals surface area contributed by atoms with Crippen molar-refractivity contribution in [2.75, 3.05) is 33.8 Å². The Morgan fingerprint density at radius 3 is 2.69 bits per heavy atom. The van der Waals surface area contributed by atoms with Crippen molar-refractivity contribution >= 4 is 5.96 Å². The van der Waals surface area contributed by atoms with Crippen LogP contribution in [-0.4, -0.2) is 44.7 Å². The lowest BCUT2D eigenvalue weighted by atomic mass is 10.1. The second-order valence-corrected chi connectivity index (χ2v) is 7.15. The number of nitrogens with zero attached hydrogens (tertiary/aromatic N) is 3. The molecule has 6 nitrogen and oxygen atoms in total. The molecule has 1 aliphatic heterocycles. The number of hydrogen-bond acceptors (Lipinski definition) is 4. The van der Waals surface area contributed by atoms with Gasteiger partial charge in [0.15, 0.2) is 5.96 Å². The molecule has 0 radical (unpaired) electrons. The highest BCUT2D eigenvalue weighted by Gasteiger charge is 2.24. The van der Waals surface area contributed by atoms with Gasteiger partial charge < -0.3 is 15.4 Å². The molecule has 2 N–H and O–H groups in total. The number of methoxy groups -OCH3 is 1. The van der Waals surface area contributed by atoms with E-state index in [9.17, 15) is 0 Å². The van der Waals surface area contributed by atoms with Gasteiger partial charge in [-0.2, -0.15) is 5.26 Å². The first-order chi connectivity index (χ1) is 14.2. The molecule has 1 unspecified atom stereocenters. The molecule has 0 aliphatic carbocycles. The van der Waals surface area contributed by atoms with Gasteiger partial charge in [0.25, 0.3) is 0 Å². The first kappa shape index (κ1) is 20.7.